The second-order valence-electron chi connectivity index (χ2n) is 7.46. The Bertz CT molecular complexity index is 955. The van der Waals surface area contributed by atoms with Crippen LogP contribution in [0.2, 0.25) is 0 Å². The van der Waals surface area contributed by atoms with Crippen LogP contribution in [0, 0.1) is 0 Å². The van der Waals surface area contributed by atoms with Gasteiger partial charge in [0.2, 0.25) is 0 Å². The monoisotopic (exact) mass is 377 g/mol. The molecule has 0 aliphatic carbocycles. The van der Waals surface area contributed by atoms with Gasteiger partial charge in [0.15, 0.2) is 5.69 Å². The van der Waals surface area contributed by atoms with E-state index in [0.29, 0.717) is 5.69 Å². The lowest BCUT2D eigenvalue weighted by Gasteiger charge is -2.27. The first kappa shape index (κ1) is 17.1. The van der Waals surface area contributed by atoms with Gasteiger partial charge in [-0.3, -0.25) is 14.4 Å². The van der Waals surface area contributed by atoms with E-state index >= 15 is 0 Å². The van der Waals surface area contributed by atoms with Crippen LogP contribution in [0.5, 0.6) is 0 Å². The molecule has 0 saturated carbocycles. The smallest absolute Gasteiger partial charge is 0.274 e. The molecule has 0 unspecified atom stereocenters. The minimum absolute atomic E-state index is 0.0784. The van der Waals surface area contributed by atoms with Crippen molar-refractivity contribution in [2.45, 2.75) is 32.5 Å². The van der Waals surface area contributed by atoms with Gasteiger partial charge >= 0.3 is 0 Å². The standard InChI is InChI=1S/C20H23N7O/c28-20(25-7-1-2-8-25)19-11-18-13-24(9-10-26(18)23-19)12-16-3-5-17(6-4-16)27-15-21-14-22-27/h3-6,11,14-15H,1-2,7-10,12-13H2. The van der Waals surface area contributed by atoms with Gasteiger partial charge in [-0.25, -0.2) is 9.67 Å². The van der Waals surface area contributed by atoms with Crippen molar-refractivity contribution in [3.63, 3.8) is 0 Å². The summed E-state index contributed by atoms with van der Waals surface area (Å²) in [6.45, 7) is 5.15. The zero-order valence-electron chi connectivity index (χ0n) is 15.7. The first-order valence-electron chi connectivity index (χ1n) is 9.78. The van der Waals surface area contributed by atoms with Crippen LogP contribution in [0.25, 0.3) is 5.69 Å². The second kappa shape index (κ2) is 7.20. The Balaban J connectivity index is 1.25. The molecule has 8 heteroatoms. The number of carbonyl (C=O) groups is 1. The van der Waals surface area contributed by atoms with E-state index in [1.165, 1.54) is 11.9 Å². The zero-order chi connectivity index (χ0) is 18.9. The third-order valence-corrected chi connectivity index (χ3v) is 5.52. The normalized spacial score (nSPS) is 17.1. The average Bonchev–Trinajstić information content (AvgIpc) is 3.49. The van der Waals surface area contributed by atoms with Crippen LogP contribution < -0.4 is 0 Å². The lowest BCUT2D eigenvalue weighted by atomic mass is 10.1. The van der Waals surface area contributed by atoms with E-state index in [1.807, 2.05) is 15.6 Å². The fraction of sp³-hybridized carbons (Fsp3) is 0.400. The highest BCUT2D eigenvalue weighted by Crippen LogP contribution is 2.19. The molecule has 144 valence electrons. The van der Waals surface area contributed by atoms with E-state index in [2.05, 4.69) is 44.3 Å². The van der Waals surface area contributed by atoms with Crippen molar-refractivity contribution >= 4 is 5.91 Å². The number of amides is 1. The molecule has 2 aliphatic heterocycles. The first-order valence-corrected chi connectivity index (χ1v) is 9.78. The van der Waals surface area contributed by atoms with E-state index < -0.39 is 0 Å². The lowest BCUT2D eigenvalue weighted by molar-refractivity contribution is 0.0786. The summed E-state index contributed by atoms with van der Waals surface area (Å²) in [7, 11) is 0. The SMILES string of the molecule is O=C(c1cc2n(n1)CCN(Cc1ccc(-n3cncn3)cc1)C2)N1CCCC1. The second-order valence-corrected chi connectivity index (χ2v) is 7.46. The predicted octanol–water partition coefficient (Wildman–Crippen LogP) is 1.72. The molecule has 1 amide bonds. The van der Waals surface area contributed by atoms with Gasteiger partial charge in [-0.2, -0.15) is 10.2 Å². The summed E-state index contributed by atoms with van der Waals surface area (Å²) in [4.78, 5) is 20.9. The Morgan fingerprint density at radius 3 is 2.61 bits per heavy atom. The summed E-state index contributed by atoms with van der Waals surface area (Å²) in [6.07, 6.45) is 5.43. The molecule has 2 aromatic heterocycles. The lowest BCUT2D eigenvalue weighted by Crippen LogP contribution is -2.33. The quantitative estimate of drug-likeness (QED) is 0.692. The van der Waals surface area contributed by atoms with Crippen molar-refractivity contribution in [3.8, 4) is 5.69 Å². The summed E-state index contributed by atoms with van der Waals surface area (Å²) >= 11 is 0. The Morgan fingerprint density at radius 1 is 1.04 bits per heavy atom. The fourth-order valence-corrected chi connectivity index (χ4v) is 4.00. The molecule has 0 radical (unpaired) electrons. The van der Waals surface area contributed by atoms with Gasteiger partial charge in [-0.1, -0.05) is 12.1 Å². The van der Waals surface area contributed by atoms with Gasteiger partial charge in [-0.15, -0.1) is 0 Å². The molecule has 3 aromatic rings. The van der Waals surface area contributed by atoms with Gasteiger partial charge in [0, 0.05) is 32.7 Å². The molecule has 5 rings (SSSR count). The van der Waals surface area contributed by atoms with Crippen LogP contribution in [0.4, 0.5) is 0 Å². The molecular weight excluding hydrogens is 354 g/mol. The van der Waals surface area contributed by atoms with E-state index in [4.69, 9.17) is 0 Å². The summed E-state index contributed by atoms with van der Waals surface area (Å²) in [5.74, 6) is 0.0784. The zero-order valence-corrected chi connectivity index (χ0v) is 15.7. The molecular formula is C20H23N7O. The summed E-state index contributed by atoms with van der Waals surface area (Å²) in [5, 5.41) is 8.72. The number of hydrogen-bond donors (Lipinski definition) is 0. The third kappa shape index (κ3) is 3.31. The molecule has 0 spiro atoms. The third-order valence-electron chi connectivity index (χ3n) is 5.52. The first-order chi connectivity index (χ1) is 13.8. The molecule has 1 fully saturated rings. The van der Waals surface area contributed by atoms with E-state index in [1.54, 1.807) is 11.0 Å². The molecule has 28 heavy (non-hydrogen) atoms. The van der Waals surface area contributed by atoms with E-state index in [-0.39, 0.29) is 5.91 Å². The Labute approximate surface area is 163 Å². The number of carbonyl (C=O) groups excluding carboxylic acids is 1. The van der Waals surface area contributed by atoms with Crippen molar-refractivity contribution in [3.05, 3.63) is 59.9 Å². The Morgan fingerprint density at radius 2 is 1.86 bits per heavy atom. The largest absolute Gasteiger partial charge is 0.337 e. The van der Waals surface area contributed by atoms with Crippen molar-refractivity contribution in [1.82, 2.24) is 34.3 Å². The predicted molar refractivity (Wildman–Crippen MR) is 103 cm³/mol. The summed E-state index contributed by atoms with van der Waals surface area (Å²) < 4.78 is 3.75. The van der Waals surface area contributed by atoms with Crippen LogP contribution in [-0.4, -0.2) is 59.9 Å². The number of benzene rings is 1. The van der Waals surface area contributed by atoms with Gasteiger partial charge in [0.25, 0.3) is 5.91 Å². The molecule has 0 N–H and O–H groups in total. The maximum Gasteiger partial charge on any atom is 0.274 e. The van der Waals surface area contributed by atoms with Gasteiger partial charge < -0.3 is 4.90 Å². The van der Waals surface area contributed by atoms with Crippen LogP contribution >= 0.6 is 0 Å². The maximum absolute atomic E-state index is 12.6. The van der Waals surface area contributed by atoms with Gasteiger partial charge in [-0.05, 0) is 36.6 Å². The molecule has 2 aliphatic rings. The number of nitrogens with zero attached hydrogens (tertiary/aromatic N) is 7. The fourth-order valence-electron chi connectivity index (χ4n) is 4.00. The number of fused-ring (bicyclic) bond motifs is 1. The average molecular weight is 377 g/mol. The minimum atomic E-state index is 0.0784. The maximum atomic E-state index is 12.6. The Hall–Kier alpha value is -3.00. The summed E-state index contributed by atoms with van der Waals surface area (Å²) in [6, 6.07) is 10.4. The van der Waals surface area contributed by atoms with Crippen LogP contribution in [0.3, 0.4) is 0 Å². The molecule has 1 aromatic carbocycles. The molecule has 8 nitrogen and oxygen atoms in total. The van der Waals surface area contributed by atoms with E-state index in [0.717, 1.165) is 63.5 Å². The molecule has 0 bridgehead atoms. The van der Waals surface area contributed by atoms with Gasteiger partial charge in [0.05, 0.1) is 17.9 Å². The molecule has 1 saturated heterocycles. The van der Waals surface area contributed by atoms with Crippen molar-refractivity contribution in [1.29, 1.82) is 0 Å². The van der Waals surface area contributed by atoms with Crippen molar-refractivity contribution < 1.29 is 4.79 Å². The van der Waals surface area contributed by atoms with Crippen molar-refractivity contribution in [2.75, 3.05) is 19.6 Å². The number of likely N-dealkylation sites (tertiary alicyclic amines) is 1. The summed E-state index contributed by atoms with van der Waals surface area (Å²) in [5.41, 5.74) is 3.97. The van der Waals surface area contributed by atoms with E-state index in [9.17, 15) is 4.79 Å². The molecule has 0 atom stereocenters. The minimum Gasteiger partial charge on any atom is -0.337 e. The van der Waals surface area contributed by atoms with Crippen LogP contribution in [0.15, 0.2) is 43.0 Å². The highest BCUT2D eigenvalue weighted by molar-refractivity contribution is 5.92. The Kier molecular flexibility index (Phi) is 4.40. The van der Waals surface area contributed by atoms with Crippen molar-refractivity contribution in [2.24, 2.45) is 0 Å². The topological polar surface area (TPSA) is 72.1 Å². The number of aromatic nitrogens is 5. The highest BCUT2D eigenvalue weighted by Gasteiger charge is 2.25. The van der Waals surface area contributed by atoms with Gasteiger partial charge in [0.1, 0.15) is 12.7 Å². The molecule has 4 heterocycles. The number of hydrogen-bond acceptors (Lipinski definition) is 5. The number of rotatable bonds is 4. The highest BCUT2D eigenvalue weighted by atomic mass is 16.2. The van der Waals surface area contributed by atoms with Crippen LogP contribution in [-0.2, 0) is 19.6 Å². The van der Waals surface area contributed by atoms with Crippen LogP contribution in [0.1, 0.15) is 34.6 Å².